The number of likely N-dealkylation sites (tertiary alicyclic amines) is 1. The molecule has 5 N–H and O–H groups in total. The molecule has 2 aliphatic rings. The van der Waals surface area contributed by atoms with Gasteiger partial charge >= 0.3 is 0 Å². The van der Waals surface area contributed by atoms with Gasteiger partial charge in [0.15, 0.2) is 0 Å². The second-order valence-corrected chi connectivity index (χ2v) is 9.89. The molecule has 38 heavy (non-hydrogen) atoms. The Morgan fingerprint density at radius 3 is 2.42 bits per heavy atom. The van der Waals surface area contributed by atoms with Gasteiger partial charge in [0.25, 0.3) is 5.91 Å². The monoisotopic (exact) mass is 510 g/mol. The lowest BCUT2D eigenvalue weighted by Gasteiger charge is -2.20. The minimum absolute atomic E-state index is 0.0152. The third kappa shape index (κ3) is 5.10. The fraction of sp³-hybridized carbons (Fsp3) is 0.286. The van der Waals surface area contributed by atoms with E-state index in [9.17, 15) is 9.59 Å². The molecule has 2 amide bonds. The number of amides is 2. The topological polar surface area (TPSA) is 150 Å². The van der Waals surface area contributed by atoms with Gasteiger partial charge in [-0.05, 0) is 67.5 Å². The summed E-state index contributed by atoms with van der Waals surface area (Å²) in [6.45, 7) is 7.00. The van der Waals surface area contributed by atoms with Gasteiger partial charge < -0.3 is 21.3 Å². The molecule has 1 aliphatic heterocycles. The van der Waals surface area contributed by atoms with E-state index < -0.39 is 0 Å². The quantitative estimate of drug-likeness (QED) is 0.281. The summed E-state index contributed by atoms with van der Waals surface area (Å²) in [6, 6.07) is 10.6. The van der Waals surface area contributed by atoms with Gasteiger partial charge in [-0.15, -0.1) is 0 Å². The molecule has 3 aromatic rings. The van der Waals surface area contributed by atoms with Gasteiger partial charge in [-0.25, -0.2) is 15.0 Å². The lowest BCUT2D eigenvalue weighted by molar-refractivity contribution is -0.125. The SMILES string of the molecule is C=CC(=O)N1CC2CC(Nc3ncnc(N)c3C(=N)c3ccc(C(=O)Nc4cc(C)ccn4)cc3)CC2C1. The van der Waals surface area contributed by atoms with Gasteiger partial charge in [-0.2, -0.15) is 0 Å². The predicted molar refractivity (Wildman–Crippen MR) is 146 cm³/mol. The average Bonchev–Trinajstić information content (AvgIpc) is 3.47. The number of rotatable bonds is 7. The highest BCUT2D eigenvalue weighted by atomic mass is 16.2. The number of hydrogen-bond donors (Lipinski definition) is 4. The van der Waals surface area contributed by atoms with Crippen molar-refractivity contribution in [1.29, 1.82) is 5.41 Å². The van der Waals surface area contributed by atoms with Crippen molar-refractivity contribution < 1.29 is 9.59 Å². The Kier molecular flexibility index (Phi) is 6.87. The molecule has 0 radical (unpaired) electrons. The molecule has 10 heteroatoms. The van der Waals surface area contributed by atoms with Crippen LogP contribution in [0.2, 0.25) is 0 Å². The van der Waals surface area contributed by atoms with Crippen LogP contribution in [-0.2, 0) is 4.79 Å². The minimum Gasteiger partial charge on any atom is -0.383 e. The van der Waals surface area contributed by atoms with Crippen molar-refractivity contribution in [3.8, 4) is 0 Å². The number of fused-ring (bicyclic) bond motifs is 1. The smallest absolute Gasteiger partial charge is 0.256 e. The van der Waals surface area contributed by atoms with E-state index in [1.54, 1.807) is 36.5 Å². The number of anilines is 3. The summed E-state index contributed by atoms with van der Waals surface area (Å²) < 4.78 is 0. The molecule has 5 rings (SSSR count). The molecule has 1 saturated heterocycles. The molecule has 2 aromatic heterocycles. The molecule has 3 heterocycles. The Balaban J connectivity index is 1.28. The van der Waals surface area contributed by atoms with Crippen LogP contribution in [0, 0.1) is 24.2 Å². The first-order valence-corrected chi connectivity index (χ1v) is 12.5. The molecule has 1 saturated carbocycles. The van der Waals surface area contributed by atoms with Crippen molar-refractivity contribution in [2.45, 2.75) is 25.8 Å². The average molecular weight is 511 g/mol. The van der Waals surface area contributed by atoms with Gasteiger partial charge in [0.2, 0.25) is 5.91 Å². The molecule has 2 atom stereocenters. The predicted octanol–water partition coefficient (Wildman–Crippen LogP) is 3.27. The first-order chi connectivity index (χ1) is 18.3. The lowest BCUT2D eigenvalue weighted by atomic mass is 10.0. The number of aromatic nitrogens is 3. The van der Waals surface area contributed by atoms with Crippen LogP contribution in [0.4, 0.5) is 17.5 Å². The van der Waals surface area contributed by atoms with E-state index in [0.717, 1.165) is 31.5 Å². The number of carbonyl (C=O) groups is 2. The summed E-state index contributed by atoms with van der Waals surface area (Å²) in [5.74, 6) is 1.75. The van der Waals surface area contributed by atoms with Gasteiger partial charge in [0.05, 0.1) is 11.3 Å². The number of nitrogen functional groups attached to an aromatic ring is 1. The van der Waals surface area contributed by atoms with Crippen LogP contribution < -0.4 is 16.4 Å². The molecule has 10 nitrogen and oxygen atoms in total. The number of nitrogens with zero attached hydrogens (tertiary/aromatic N) is 4. The number of pyridine rings is 1. The Labute approximate surface area is 220 Å². The molecule has 0 bridgehead atoms. The minimum atomic E-state index is -0.286. The van der Waals surface area contributed by atoms with Crippen molar-refractivity contribution in [1.82, 2.24) is 19.9 Å². The van der Waals surface area contributed by atoms with Gasteiger partial charge in [0.1, 0.15) is 23.8 Å². The van der Waals surface area contributed by atoms with Crippen LogP contribution in [0.3, 0.4) is 0 Å². The molecule has 0 spiro atoms. The summed E-state index contributed by atoms with van der Waals surface area (Å²) in [4.78, 5) is 39.2. The molecule has 1 aromatic carbocycles. The van der Waals surface area contributed by atoms with E-state index in [0.29, 0.717) is 40.2 Å². The second-order valence-electron chi connectivity index (χ2n) is 9.89. The fourth-order valence-corrected chi connectivity index (χ4v) is 5.40. The molecular formula is C28H30N8O2. The zero-order valence-electron chi connectivity index (χ0n) is 21.1. The van der Waals surface area contributed by atoms with E-state index in [2.05, 4.69) is 32.2 Å². The van der Waals surface area contributed by atoms with Crippen LogP contribution in [0.25, 0.3) is 0 Å². The van der Waals surface area contributed by atoms with E-state index in [1.165, 1.54) is 12.4 Å². The van der Waals surface area contributed by atoms with E-state index >= 15 is 0 Å². The van der Waals surface area contributed by atoms with Crippen molar-refractivity contribution in [2.75, 3.05) is 29.5 Å². The molecule has 194 valence electrons. The standard InChI is InChI=1S/C28H30N8O2/c1-3-23(37)36-13-19-11-21(12-20(19)14-36)34-27-24(26(30)32-15-33-27)25(29)17-4-6-18(7-5-17)28(38)35-22-10-16(2)8-9-31-22/h3-10,15,19-21,29H,1,11-14H2,2H3,(H,31,35,38)(H3,30,32,33,34). The highest BCUT2D eigenvalue weighted by Gasteiger charge is 2.42. The molecular weight excluding hydrogens is 480 g/mol. The van der Waals surface area contributed by atoms with Crippen molar-refractivity contribution in [3.63, 3.8) is 0 Å². The largest absolute Gasteiger partial charge is 0.383 e. The van der Waals surface area contributed by atoms with Gasteiger partial charge in [-0.3, -0.25) is 15.0 Å². The van der Waals surface area contributed by atoms with E-state index in [4.69, 9.17) is 11.1 Å². The maximum Gasteiger partial charge on any atom is 0.256 e. The van der Waals surface area contributed by atoms with Gasteiger partial charge in [0, 0.05) is 36.5 Å². The summed E-state index contributed by atoms with van der Waals surface area (Å²) >= 11 is 0. The summed E-state index contributed by atoms with van der Waals surface area (Å²) in [5, 5.41) is 15.1. The third-order valence-corrected chi connectivity index (χ3v) is 7.30. The van der Waals surface area contributed by atoms with Crippen LogP contribution in [-0.4, -0.2) is 56.5 Å². The number of hydrogen-bond acceptors (Lipinski definition) is 8. The Bertz CT molecular complexity index is 1390. The summed E-state index contributed by atoms with van der Waals surface area (Å²) in [5.41, 5.74) is 8.83. The highest BCUT2D eigenvalue weighted by molar-refractivity contribution is 6.16. The maximum atomic E-state index is 12.7. The summed E-state index contributed by atoms with van der Waals surface area (Å²) in [7, 11) is 0. The lowest BCUT2D eigenvalue weighted by Crippen LogP contribution is -2.30. The maximum absolute atomic E-state index is 12.7. The molecule has 2 fully saturated rings. The van der Waals surface area contributed by atoms with Crippen LogP contribution >= 0.6 is 0 Å². The van der Waals surface area contributed by atoms with Crippen LogP contribution in [0.15, 0.2) is 61.6 Å². The number of nitrogens with one attached hydrogen (secondary N) is 3. The van der Waals surface area contributed by atoms with Crippen molar-refractivity contribution in [3.05, 3.63) is 83.8 Å². The summed E-state index contributed by atoms with van der Waals surface area (Å²) in [6.07, 6.45) is 6.22. The third-order valence-electron chi connectivity index (χ3n) is 7.30. The van der Waals surface area contributed by atoms with Crippen molar-refractivity contribution in [2.24, 2.45) is 11.8 Å². The van der Waals surface area contributed by atoms with E-state index in [1.807, 2.05) is 17.9 Å². The van der Waals surface area contributed by atoms with Crippen molar-refractivity contribution >= 4 is 35.0 Å². The number of benzene rings is 1. The zero-order valence-corrected chi connectivity index (χ0v) is 21.1. The number of aryl methyl sites for hydroxylation is 1. The van der Waals surface area contributed by atoms with E-state index in [-0.39, 0.29) is 29.4 Å². The molecule has 1 aliphatic carbocycles. The van der Waals surface area contributed by atoms with Crippen LogP contribution in [0.5, 0.6) is 0 Å². The fourth-order valence-electron chi connectivity index (χ4n) is 5.40. The first-order valence-electron chi connectivity index (χ1n) is 12.5. The zero-order chi connectivity index (χ0) is 26.8. The van der Waals surface area contributed by atoms with Gasteiger partial charge in [-0.1, -0.05) is 18.7 Å². The number of nitrogens with two attached hydrogens (primary N) is 1. The second kappa shape index (κ2) is 10.4. The molecule has 2 unspecified atom stereocenters. The Morgan fingerprint density at radius 1 is 1.08 bits per heavy atom. The number of carbonyl (C=O) groups excluding carboxylic acids is 2. The Morgan fingerprint density at radius 2 is 1.76 bits per heavy atom. The first kappa shape index (κ1) is 25.1. The van der Waals surface area contributed by atoms with Crippen LogP contribution in [0.1, 0.15) is 39.9 Å². The normalized spacial score (nSPS) is 20.0. The Hall–Kier alpha value is -4.60. The highest BCUT2D eigenvalue weighted by Crippen LogP contribution is 2.39.